The van der Waals surface area contributed by atoms with Gasteiger partial charge in [0.25, 0.3) is 0 Å². The number of hydrogen-bond acceptors (Lipinski definition) is 5. The van der Waals surface area contributed by atoms with Gasteiger partial charge in [0.15, 0.2) is 0 Å². The number of aromatic nitrogens is 1. The summed E-state index contributed by atoms with van der Waals surface area (Å²) in [4.78, 5) is 40.4. The van der Waals surface area contributed by atoms with Crippen LogP contribution in [0.15, 0.2) is 30.5 Å². The molecular weight excluding hydrogens is 410 g/mol. The number of carboxylic acid groups (broad SMARTS) is 1. The summed E-state index contributed by atoms with van der Waals surface area (Å²) in [5.74, 6) is -2.28. The molecule has 1 aromatic carbocycles. The van der Waals surface area contributed by atoms with E-state index in [0.29, 0.717) is 32.2 Å². The molecule has 0 aliphatic heterocycles. The van der Waals surface area contributed by atoms with Crippen LogP contribution >= 0.6 is 0 Å². The normalized spacial score (nSPS) is 15.0. The molecule has 1 aromatic heterocycles. The van der Waals surface area contributed by atoms with E-state index in [1.165, 1.54) is 0 Å². The van der Waals surface area contributed by atoms with Crippen LogP contribution in [0.2, 0.25) is 0 Å². The lowest BCUT2D eigenvalue weighted by atomic mass is 9.96. The number of fused-ring (bicyclic) bond motifs is 1. The number of unbranched alkanes of at least 4 members (excludes halogenated alkanes) is 1. The highest BCUT2D eigenvalue weighted by molar-refractivity contribution is 5.92. The molecule has 2 aromatic rings. The third-order valence-electron chi connectivity index (χ3n) is 5.81. The molecule has 0 aliphatic rings. The zero-order valence-corrected chi connectivity index (χ0v) is 18.8. The second-order valence-electron chi connectivity index (χ2n) is 8.23. The Morgan fingerprint density at radius 1 is 1.12 bits per heavy atom. The molecule has 0 saturated carbocycles. The van der Waals surface area contributed by atoms with Crippen molar-refractivity contribution in [2.24, 2.45) is 17.4 Å². The Kier molecular flexibility index (Phi) is 9.67. The fraction of sp³-hybridized carbons (Fsp3) is 0.522. The standard InChI is InChI=1S/C23H35N5O4/c1-3-14(2)20(22(30)27-19(23(31)32)10-6-7-11-24)28-21(29)17(25)12-15-13-26-18-9-5-4-8-16(15)18/h4-5,8-9,13-14,17,19-20,26H,3,6-7,10-12,24-25H2,1-2H3,(H,27,30)(H,28,29)(H,31,32). The lowest BCUT2D eigenvalue weighted by molar-refractivity contribution is -0.142. The molecule has 0 saturated heterocycles. The molecule has 2 rings (SSSR count). The summed E-state index contributed by atoms with van der Waals surface area (Å²) in [6.45, 7) is 4.19. The number of nitrogens with one attached hydrogen (secondary N) is 3. The largest absolute Gasteiger partial charge is 0.480 e. The maximum Gasteiger partial charge on any atom is 0.326 e. The molecule has 1 heterocycles. The number of amides is 2. The van der Waals surface area contributed by atoms with E-state index in [1.807, 2.05) is 44.3 Å². The van der Waals surface area contributed by atoms with Gasteiger partial charge in [0, 0.05) is 17.1 Å². The highest BCUT2D eigenvalue weighted by atomic mass is 16.4. The molecule has 176 valence electrons. The summed E-state index contributed by atoms with van der Waals surface area (Å²) in [6, 6.07) is 4.98. The fourth-order valence-electron chi connectivity index (χ4n) is 3.60. The second kappa shape index (κ2) is 12.2. The molecule has 0 aliphatic carbocycles. The maximum absolute atomic E-state index is 12.9. The Morgan fingerprint density at radius 2 is 1.84 bits per heavy atom. The first-order valence-corrected chi connectivity index (χ1v) is 11.1. The Labute approximate surface area is 188 Å². The Hall–Kier alpha value is -2.91. The first-order chi connectivity index (χ1) is 15.3. The van der Waals surface area contributed by atoms with E-state index < -0.39 is 35.9 Å². The van der Waals surface area contributed by atoms with Crippen LogP contribution in [0.25, 0.3) is 10.9 Å². The number of rotatable bonds is 13. The summed E-state index contributed by atoms with van der Waals surface area (Å²) in [5, 5.41) is 15.7. The lowest BCUT2D eigenvalue weighted by Crippen LogP contribution is -2.56. The molecular formula is C23H35N5O4. The van der Waals surface area contributed by atoms with Gasteiger partial charge in [-0.25, -0.2) is 4.79 Å². The SMILES string of the molecule is CCC(C)C(NC(=O)C(N)Cc1c[nH]c2ccccc12)C(=O)NC(CCCCN)C(=O)O. The Morgan fingerprint density at radius 3 is 2.50 bits per heavy atom. The number of H-pyrrole nitrogens is 1. The van der Waals surface area contributed by atoms with Crippen LogP contribution in [0.1, 0.15) is 45.1 Å². The van der Waals surface area contributed by atoms with Crippen molar-refractivity contribution < 1.29 is 19.5 Å². The van der Waals surface area contributed by atoms with Crippen LogP contribution in [0, 0.1) is 5.92 Å². The van der Waals surface area contributed by atoms with Gasteiger partial charge in [0.2, 0.25) is 11.8 Å². The average Bonchev–Trinajstić information content (AvgIpc) is 3.18. The third-order valence-corrected chi connectivity index (χ3v) is 5.81. The van der Waals surface area contributed by atoms with Gasteiger partial charge >= 0.3 is 5.97 Å². The van der Waals surface area contributed by atoms with E-state index >= 15 is 0 Å². The Balaban J connectivity index is 2.05. The average molecular weight is 446 g/mol. The summed E-state index contributed by atoms with van der Waals surface area (Å²) >= 11 is 0. The molecule has 0 spiro atoms. The minimum absolute atomic E-state index is 0.197. The number of carbonyl (C=O) groups excluding carboxylic acids is 2. The first-order valence-electron chi connectivity index (χ1n) is 11.1. The number of aromatic amines is 1. The van der Waals surface area contributed by atoms with E-state index in [4.69, 9.17) is 11.5 Å². The minimum Gasteiger partial charge on any atom is -0.480 e. The van der Waals surface area contributed by atoms with Gasteiger partial charge in [0.05, 0.1) is 6.04 Å². The van der Waals surface area contributed by atoms with Crippen LogP contribution in [0.4, 0.5) is 0 Å². The van der Waals surface area contributed by atoms with Crippen molar-refractivity contribution in [3.8, 4) is 0 Å². The molecule has 4 unspecified atom stereocenters. The molecule has 0 fully saturated rings. The van der Waals surface area contributed by atoms with Crippen LogP contribution in [-0.2, 0) is 20.8 Å². The number of nitrogens with two attached hydrogens (primary N) is 2. The van der Waals surface area contributed by atoms with E-state index in [0.717, 1.165) is 16.5 Å². The number of benzene rings is 1. The molecule has 8 N–H and O–H groups in total. The smallest absolute Gasteiger partial charge is 0.326 e. The second-order valence-corrected chi connectivity index (χ2v) is 8.23. The minimum atomic E-state index is -1.11. The number of carboxylic acids is 1. The number of aliphatic carboxylic acids is 1. The summed E-state index contributed by atoms with van der Waals surface area (Å²) in [6.07, 6.45) is 4.30. The van der Waals surface area contributed by atoms with Gasteiger partial charge in [-0.1, -0.05) is 38.5 Å². The van der Waals surface area contributed by atoms with Crippen molar-refractivity contribution in [3.63, 3.8) is 0 Å². The van der Waals surface area contributed by atoms with Crippen molar-refractivity contribution >= 4 is 28.7 Å². The van der Waals surface area contributed by atoms with Gasteiger partial charge in [-0.15, -0.1) is 0 Å². The quantitative estimate of drug-likeness (QED) is 0.254. The zero-order valence-electron chi connectivity index (χ0n) is 18.8. The van der Waals surface area contributed by atoms with Crippen LogP contribution in [-0.4, -0.2) is 52.5 Å². The number of para-hydroxylation sites is 1. The highest BCUT2D eigenvalue weighted by Crippen LogP contribution is 2.19. The van der Waals surface area contributed by atoms with Crippen molar-refractivity contribution in [2.75, 3.05) is 6.54 Å². The molecule has 0 bridgehead atoms. The van der Waals surface area contributed by atoms with E-state index in [2.05, 4.69) is 15.6 Å². The fourth-order valence-corrected chi connectivity index (χ4v) is 3.60. The molecule has 0 radical (unpaired) electrons. The summed E-state index contributed by atoms with van der Waals surface area (Å²) in [7, 11) is 0. The van der Waals surface area contributed by atoms with E-state index in [1.54, 1.807) is 0 Å². The maximum atomic E-state index is 12.9. The van der Waals surface area contributed by atoms with Gasteiger partial charge < -0.3 is 32.2 Å². The molecule has 2 amide bonds. The molecule has 9 heteroatoms. The van der Waals surface area contributed by atoms with Crippen molar-refractivity contribution in [3.05, 3.63) is 36.0 Å². The van der Waals surface area contributed by atoms with Crippen molar-refractivity contribution in [1.29, 1.82) is 0 Å². The topological polar surface area (TPSA) is 163 Å². The van der Waals surface area contributed by atoms with Gasteiger partial charge in [-0.2, -0.15) is 0 Å². The van der Waals surface area contributed by atoms with Crippen LogP contribution < -0.4 is 22.1 Å². The predicted molar refractivity (Wildman–Crippen MR) is 124 cm³/mol. The summed E-state index contributed by atoms with van der Waals surface area (Å²) < 4.78 is 0. The van der Waals surface area contributed by atoms with Gasteiger partial charge in [-0.05, 0) is 49.8 Å². The van der Waals surface area contributed by atoms with Crippen LogP contribution in [0.3, 0.4) is 0 Å². The lowest BCUT2D eigenvalue weighted by Gasteiger charge is -2.26. The van der Waals surface area contributed by atoms with Crippen molar-refractivity contribution in [1.82, 2.24) is 15.6 Å². The zero-order chi connectivity index (χ0) is 23.7. The number of hydrogen-bond donors (Lipinski definition) is 6. The predicted octanol–water partition coefficient (Wildman–Crippen LogP) is 1.27. The Bertz CT molecular complexity index is 913. The van der Waals surface area contributed by atoms with Crippen LogP contribution in [0.5, 0.6) is 0 Å². The highest BCUT2D eigenvalue weighted by Gasteiger charge is 2.31. The van der Waals surface area contributed by atoms with E-state index in [9.17, 15) is 19.5 Å². The molecule has 32 heavy (non-hydrogen) atoms. The summed E-state index contributed by atoms with van der Waals surface area (Å²) in [5.41, 5.74) is 13.5. The number of carbonyl (C=O) groups is 3. The monoisotopic (exact) mass is 445 g/mol. The molecule has 4 atom stereocenters. The van der Waals surface area contributed by atoms with Crippen molar-refractivity contribution in [2.45, 2.75) is 64.1 Å². The van der Waals surface area contributed by atoms with E-state index in [-0.39, 0.29) is 12.3 Å². The third kappa shape index (κ3) is 6.80. The van der Waals surface area contributed by atoms with Gasteiger partial charge in [-0.3, -0.25) is 9.59 Å². The molecule has 9 nitrogen and oxygen atoms in total. The first kappa shape index (κ1) is 25.4. The van der Waals surface area contributed by atoms with Gasteiger partial charge in [0.1, 0.15) is 12.1 Å².